The number of para-hydroxylation sites is 1. The molecule has 38 heavy (non-hydrogen) atoms. The summed E-state index contributed by atoms with van der Waals surface area (Å²) in [4.78, 5) is 27.0. The van der Waals surface area contributed by atoms with Gasteiger partial charge in [-0.1, -0.05) is 30.3 Å². The fourth-order valence-electron chi connectivity index (χ4n) is 3.96. The van der Waals surface area contributed by atoms with E-state index in [0.717, 1.165) is 4.90 Å². The highest BCUT2D eigenvalue weighted by atomic mass is 32.1. The van der Waals surface area contributed by atoms with Crippen molar-refractivity contribution in [3.63, 3.8) is 0 Å². The molecular formula is C29H24F2N2O4S. The number of rotatable bonds is 9. The van der Waals surface area contributed by atoms with Gasteiger partial charge in [0.05, 0.1) is 12.3 Å². The van der Waals surface area contributed by atoms with E-state index in [0.29, 0.717) is 41.2 Å². The maximum atomic E-state index is 14.5. The van der Waals surface area contributed by atoms with Gasteiger partial charge in [-0.2, -0.15) is 0 Å². The number of amides is 2. The second-order valence-corrected chi connectivity index (χ2v) is 8.65. The van der Waals surface area contributed by atoms with Crippen LogP contribution in [0.2, 0.25) is 0 Å². The van der Waals surface area contributed by atoms with Crippen molar-refractivity contribution < 1.29 is 27.8 Å². The number of nitrogens with one attached hydrogen (secondary N) is 1. The smallest absolute Gasteiger partial charge is 0.270 e. The normalized spacial score (nSPS) is 14.4. The average Bonchev–Trinajstić information content (AvgIpc) is 2.87. The zero-order valence-corrected chi connectivity index (χ0v) is 21.3. The van der Waals surface area contributed by atoms with Crippen LogP contribution in [0.25, 0.3) is 6.08 Å². The molecule has 0 unspecified atom stereocenters. The van der Waals surface area contributed by atoms with Crippen molar-refractivity contribution in [2.75, 3.05) is 11.5 Å². The van der Waals surface area contributed by atoms with Gasteiger partial charge in [0.25, 0.3) is 11.8 Å². The van der Waals surface area contributed by atoms with Crippen LogP contribution in [-0.4, -0.2) is 23.5 Å². The van der Waals surface area contributed by atoms with E-state index in [2.05, 4.69) is 11.9 Å². The highest BCUT2D eigenvalue weighted by Gasteiger charge is 2.35. The number of ether oxygens (including phenoxy) is 2. The molecule has 1 heterocycles. The number of carbonyl (C=O) groups excluding carboxylic acids is 2. The number of thiocarbonyl (C=S) groups is 1. The molecule has 1 aliphatic rings. The van der Waals surface area contributed by atoms with E-state index in [4.69, 9.17) is 21.7 Å². The molecule has 194 valence electrons. The number of allylic oxidation sites excluding steroid dienone is 1. The Bertz CT molecular complexity index is 1450. The molecule has 0 aromatic heterocycles. The first-order chi connectivity index (χ1) is 18.3. The van der Waals surface area contributed by atoms with Crippen molar-refractivity contribution in [1.29, 1.82) is 0 Å². The number of hydrogen-bond acceptors (Lipinski definition) is 5. The second-order valence-electron chi connectivity index (χ2n) is 8.26. The molecule has 6 nitrogen and oxygen atoms in total. The quantitative estimate of drug-likeness (QED) is 0.170. The minimum absolute atomic E-state index is 0.0724. The number of benzene rings is 3. The van der Waals surface area contributed by atoms with Crippen LogP contribution in [0.15, 0.2) is 78.9 Å². The molecule has 3 aromatic rings. The SMILES string of the molecule is C=CCc1cc(/C=C2\C(=O)NC(=S)N(c3ccccc3F)C2=O)cc(OCC)c1OCc1cccc(F)c1. The highest BCUT2D eigenvalue weighted by molar-refractivity contribution is 7.80. The molecule has 1 saturated heterocycles. The third kappa shape index (κ3) is 5.78. The maximum absolute atomic E-state index is 14.5. The Hall–Kier alpha value is -4.37. The van der Waals surface area contributed by atoms with E-state index in [-0.39, 0.29) is 28.8 Å². The molecule has 0 atom stereocenters. The van der Waals surface area contributed by atoms with Gasteiger partial charge < -0.3 is 9.47 Å². The molecule has 1 N–H and O–H groups in total. The fourth-order valence-corrected chi connectivity index (χ4v) is 4.23. The third-order valence-corrected chi connectivity index (χ3v) is 5.88. The first-order valence-corrected chi connectivity index (χ1v) is 12.2. The number of nitrogens with zero attached hydrogens (tertiary/aromatic N) is 1. The van der Waals surface area contributed by atoms with Gasteiger partial charge in [0.1, 0.15) is 23.8 Å². The Morgan fingerprint density at radius 2 is 1.84 bits per heavy atom. The maximum Gasteiger partial charge on any atom is 0.270 e. The van der Waals surface area contributed by atoms with E-state index in [1.165, 1.54) is 36.4 Å². The lowest BCUT2D eigenvalue weighted by atomic mass is 10.0. The summed E-state index contributed by atoms with van der Waals surface area (Å²) < 4.78 is 39.9. The summed E-state index contributed by atoms with van der Waals surface area (Å²) in [5, 5.41) is 2.23. The van der Waals surface area contributed by atoms with Crippen LogP contribution in [0.5, 0.6) is 11.5 Å². The summed E-state index contributed by atoms with van der Waals surface area (Å²) in [6, 6.07) is 15.1. The molecule has 2 amide bonds. The predicted octanol–water partition coefficient (Wildman–Crippen LogP) is 5.50. The van der Waals surface area contributed by atoms with Crippen molar-refractivity contribution in [2.45, 2.75) is 20.0 Å². The lowest BCUT2D eigenvalue weighted by Crippen LogP contribution is -2.54. The zero-order valence-electron chi connectivity index (χ0n) is 20.5. The van der Waals surface area contributed by atoms with Gasteiger partial charge in [0, 0.05) is 5.56 Å². The van der Waals surface area contributed by atoms with Crippen molar-refractivity contribution in [1.82, 2.24) is 5.32 Å². The number of carbonyl (C=O) groups is 2. The van der Waals surface area contributed by atoms with Crippen molar-refractivity contribution in [2.24, 2.45) is 0 Å². The Labute approximate surface area is 224 Å². The molecule has 4 rings (SSSR count). The van der Waals surface area contributed by atoms with Gasteiger partial charge in [-0.05, 0) is 79.2 Å². The highest BCUT2D eigenvalue weighted by Crippen LogP contribution is 2.36. The third-order valence-electron chi connectivity index (χ3n) is 5.60. The van der Waals surface area contributed by atoms with Crippen molar-refractivity contribution in [3.8, 4) is 11.5 Å². The lowest BCUT2D eigenvalue weighted by molar-refractivity contribution is -0.122. The fraction of sp³-hybridized carbons (Fsp3) is 0.138. The molecule has 1 fully saturated rings. The molecule has 9 heteroatoms. The van der Waals surface area contributed by atoms with Gasteiger partial charge in [0.15, 0.2) is 16.6 Å². The predicted molar refractivity (Wildman–Crippen MR) is 145 cm³/mol. The van der Waals surface area contributed by atoms with E-state index in [1.807, 2.05) is 0 Å². The number of hydrogen-bond donors (Lipinski definition) is 1. The Morgan fingerprint density at radius 3 is 2.55 bits per heavy atom. The second kappa shape index (κ2) is 11.8. The first-order valence-electron chi connectivity index (χ1n) is 11.8. The van der Waals surface area contributed by atoms with Gasteiger partial charge in [-0.15, -0.1) is 6.58 Å². The molecule has 0 spiro atoms. The molecule has 0 radical (unpaired) electrons. The molecule has 3 aromatic carbocycles. The van der Waals surface area contributed by atoms with Gasteiger partial charge in [-0.3, -0.25) is 14.9 Å². The van der Waals surface area contributed by atoms with Crippen molar-refractivity contribution in [3.05, 3.63) is 107 Å². The summed E-state index contributed by atoms with van der Waals surface area (Å²) in [5.74, 6) is -1.69. The van der Waals surface area contributed by atoms with Crippen LogP contribution >= 0.6 is 12.2 Å². The molecule has 0 bridgehead atoms. The minimum Gasteiger partial charge on any atom is -0.490 e. The topological polar surface area (TPSA) is 67.9 Å². The molecule has 1 aliphatic heterocycles. The summed E-state index contributed by atoms with van der Waals surface area (Å²) in [6.07, 6.45) is 3.45. The zero-order chi connectivity index (χ0) is 27.2. The summed E-state index contributed by atoms with van der Waals surface area (Å²) in [5.41, 5.74) is 1.48. The largest absolute Gasteiger partial charge is 0.490 e. The Kier molecular flexibility index (Phi) is 8.28. The van der Waals surface area contributed by atoms with Crippen LogP contribution in [0.1, 0.15) is 23.6 Å². The Morgan fingerprint density at radius 1 is 1.05 bits per heavy atom. The van der Waals surface area contributed by atoms with Crippen molar-refractivity contribution >= 4 is 40.9 Å². The summed E-state index contributed by atoms with van der Waals surface area (Å²) in [7, 11) is 0. The standard InChI is InChI=1S/C29H24F2N2O4S/c1-3-8-20-13-19(16-25(36-4-2)26(20)37-17-18-9-7-10-21(30)14-18)15-22-27(34)32-29(38)33(28(22)35)24-12-6-5-11-23(24)31/h3,5-7,9-16H,1,4,8,17H2,2H3,(H,32,34,38)/b22-15+. The van der Waals surface area contributed by atoms with Crippen LogP contribution in [-0.2, 0) is 22.6 Å². The van der Waals surface area contributed by atoms with Crippen LogP contribution < -0.4 is 19.7 Å². The van der Waals surface area contributed by atoms with Crippen LogP contribution in [0, 0.1) is 11.6 Å². The van der Waals surface area contributed by atoms with E-state index >= 15 is 0 Å². The number of anilines is 1. The first kappa shape index (κ1) is 26.7. The molecule has 0 saturated carbocycles. The van der Waals surface area contributed by atoms with Crippen LogP contribution in [0.4, 0.5) is 14.5 Å². The lowest BCUT2D eigenvalue weighted by Gasteiger charge is -2.29. The minimum atomic E-state index is -0.765. The number of halogens is 2. The van der Waals surface area contributed by atoms with Gasteiger partial charge in [-0.25, -0.2) is 13.7 Å². The van der Waals surface area contributed by atoms with E-state index < -0.39 is 17.6 Å². The Balaban J connectivity index is 1.73. The average molecular weight is 535 g/mol. The van der Waals surface area contributed by atoms with E-state index in [9.17, 15) is 18.4 Å². The molecular weight excluding hydrogens is 510 g/mol. The van der Waals surface area contributed by atoms with Gasteiger partial charge >= 0.3 is 0 Å². The molecule has 0 aliphatic carbocycles. The van der Waals surface area contributed by atoms with Crippen LogP contribution in [0.3, 0.4) is 0 Å². The van der Waals surface area contributed by atoms with E-state index in [1.54, 1.807) is 43.3 Å². The van der Waals surface area contributed by atoms with Gasteiger partial charge in [0.2, 0.25) is 0 Å². The summed E-state index contributed by atoms with van der Waals surface area (Å²) in [6.45, 7) is 6.02. The monoisotopic (exact) mass is 534 g/mol. The summed E-state index contributed by atoms with van der Waals surface area (Å²) >= 11 is 5.15.